The number of aliphatic hydroxyl groups is 1. The van der Waals surface area contributed by atoms with Crippen molar-refractivity contribution in [3.8, 4) is 0 Å². The molecule has 1 N–H and O–H groups in total. The summed E-state index contributed by atoms with van der Waals surface area (Å²) in [6, 6.07) is 8.18. The van der Waals surface area contributed by atoms with E-state index < -0.39 is 54.5 Å². The lowest BCUT2D eigenvalue weighted by molar-refractivity contribution is -0.283. The lowest BCUT2D eigenvalue weighted by atomic mass is 9.98. The molecule has 0 bridgehead atoms. The van der Waals surface area contributed by atoms with Crippen LogP contribution >= 0.6 is 11.6 Å². The zero-order valence-electron chi connectivity index (χ0n) is 25.5. The van der Waals surface area contributed by atoms with Crippen LogP contribution in [0.4, 0.5) is 0 Å². The van der Waals surface area contributed by atoms with E-state index in [2.05, 4.69) is 6.92 Å². The number of esters is 3. The number of hydrogen-bond acceptors (Lipinski definition) is 8. The second-order valence-corrected chi connectivity index (χ2v) is 11.5. The highest BCUT2D eigenvalue weighted by Crippen LogP contribution is 2.28. The van der Waals surface area contributed by atoms with Crippen LogP contribution in [0.2, 0.25) is 0 Å². The normalized spacial score (nSPS) is 22.0. The van der Waals surface area contributed by atoms with Crippen molar-refractivity contribution in [3.63, 3.8) is 0 Å². The molecular weight excluding hydrogens is 560 g/mol. The quantitative estimate of drug-likeness (QED) is 0.0670. The highest BCUT2D eigenvalue weighted by molar-refractivity contribution is 6.26. The van der Waals surface area contributed by atoms with Crippen LogP contribution < -0.4 is 0 Å². The summed E-state index contributed by atoms with van der Waals surface area (Å²) in [6.45, 7) is 3.84. The second-order valence-electron chi connectivity index (χ2n) is 11.2. The molecule has 1 unspecified atom stereocenters. The van der Waals surface area contributed by atoms with E-state index in [4.69, 9.17) is 30.5 Å². The van der Waals surface area contributed by atoms with Gasteiger partial charge in [0.1, 0.15) is 5.88 Å². The summed E-state index contributed by atoms with van der Waals surface area (Å²) in [5, 5.41) is 10.5. The summed E-state index contributed by atoms with van der Waals surface area (Å²) >= 11 is 5.64. The van der Waals surface area contributed by atoms with Gasteiger partial charge in [-0.2, -0.15) is 0 Å². The molecule has 42 heavy (non-hydrogen) atoms. The van der Waals surface area contributed by atoms with Crippen molar-refractivity contribution >= 4 is 29.5 Å². The van der Waals surface area contributed by atoms with Crippen LogP contribution in [-0.4, -0.2) is 59.6 Å². The largest absolute Gasteiger partial charge is 0.455 e. The number of unbranched alkanes of at least 4 members (excludes halogenated alkanes) is 14. The minimum atomic E-state index is -1.59. The fourth-order valence-corrected chi connectivity index (χ4v) is 5.28. The van der Waals surface area contributed by atoms with Gasteiger partial charge in [0, 0.05) is 6.42 Å². The first-order valence-electron chi connectivity index (χ1n) is 15.9. The molecular formula is C33H51ClO8. The Morgan fingerprint density at radius 3 is 1.74 bits per heavy atom. The first kappa shape index (κ1) is 36.0. The third kappa shape index (κ3) is 13.9. The highest BCUT2D eigenvalue weighted by Gasteiger charge is 2.50. The first-order chi connectivity index (χ1) is 20.4. The minimum Gasteiger partial charge on any atom is -0.455 e. The van der Waals surface area contributed by atoms with Gasteiger partial charge in [-0.05, 0) is 25.5 Å². The van der Waals surface area contributed by atoms with Crippen LogP contribution in [0.25, 0.3) is 0 Å². The van der Waals surface area contributed by atoms with Crippen LogP contribution in [0.5, 0.6) is 0 Å². The highest BCUT2D eigenvalue weighted by atomic mass is 35.5. The van der Waals surface area contributed by atoms with Crippen LogP contribution in [0.15, 0.2) is 30.3 Å². The third-order valence-corrected chi connectivity index (χ3v) is 7.84. The molecule has 1 aliphatic heterocycles. The molecule has 0 saturated carbocycles. The van der Waals surface area contributed by atoms with E-state index in [1.54, 1.807) is 37.3 Å². The molecule has 0 spiro atoms. The monoisotopic (exact) mass is 610 g/mol. The molecule has 1 aromatic rings. The topological polar surface area (TPSA) is 108 Å². The summed E-state index contributed by atoms with van der Waals surface area (Å²) in [7, 11) is 0. The molecule has 9 heteroatoms. The van der Waals surface area contributed by atoms with E-state index in [9.17, 15) is 19.5 Å². The molecule has 1 heterocycles. The number of benzene rings is 1. The number of alkyl halides is 1. The predicted molar refractivity (Wildman–Crippen MR) is 162 cm³/mol. The van der Waals surface area contributed by atoms with Crippen molar-refractivity contribution in [1.82, 2.24) is 0 Å². The maximum absolute atomic E-state index is 12.7. The van der Waals surface area contributed by atoms with E-state index in [-0.39, 0.29) is 12.0 Å². The second kappa shape index (κ2) is 21.5. The Bertz CT molecular complexity index is 895. The van der Waals surface area contributed by atoms with Gasteiger partial charge in [0.15, 0.2) is 24.6 Å². The van der Waals surface area contributed by atoms with E-state index in [1.807, 2.05) is 0 Å². The number of ether oxygens (including phenoxy) is 4. The Hall–Kier alpha value is -2.16. The average Bonchev–Trinajstić information content (AvgIpc) is 2.99. The van der Waals surface area contributed by atoms with Crippen LogP contribution in [0, 0.1) is 0 Å². The van der Waals surface area contributed by atoms with E-state index >= 15 is 0 Å². The number of halogens is 1. The molecule has 2 rings (SSSR count). The number of rotatable bonds is 21. The molecule has 1 aliphatic rings. The van der Waals surface area contributed by atoms with Gasteiger partial charge in [-0.25, -0.2) is 4.79 Å². The van der Waals surface area contributed by atoms with Crippen molar-refractivity contribution in [2.75, 3.05) is 5.88 Å². The number of aliphatic hydroxyl groups excluding tert-OH is 1. The molecule has 0 aromatic heterocycles. The number of hydrogen-bond donors (Lipinski definition) is 1. The van der Waals surface area contributed by atoms with E-state index in [0.717, 1.165) is 19.3 Å². The number of carbonyl (C=O) groups excluding carboxylic acids is 3. The average molecular weight is 611 g/mol. The Kier molecular flexibility index (Phi) is 18.5. The smallest absolute Gasteiger partial charge is 0.338 e. The van der Waals surface area contributed by atoms with Gasteiger partial charge < -0.3 is 24.1 Å². The Labute approximate surface area is 256 Å². The van der Waals surface area contributed by atoms with Crippen molar-refractivity contribution in [2.24, 2.45) is 0 Å². The van der Waals surface area contributed by atoms with Gasteiger partial charge in [0.05, 0.1) is 11.7 Å². The molecule has 1 fully saturated rings. The Balaban J connectivity index is 1.72. The summed E-state index contributed by atoms with van der Waals surface area (Å²) < 4.78 is 22.0. The molecule has 5 atom stereocenters. The standard InChI is InChI=1S/C33H51ClO8/c1-3-4-5-6-7-8-9-10-11-12-13-14-15-16-20-23-27(35)40-29-25(2)39-33(38)31(30(29)41-28(36)24-34)42-32(37)26-21-18-17-19-22-26/h17-19,21-22,25,29-31,33,38H,3-16,20,23-24H2,1-2H3/t25-,29-,30+,31+,33?/m0/s1. The fraction of sp³-hybridized carbons (Fsp3) is 0.727. The van der Waals surface area contributed by atoms with Crippen LogP contribution in [0.1, 0.15) is 127 Å². The van der Waals surface area contributed by atoms with Crippen LogP contribution in [-0.2, 0) is 28.5 Å². The summed E-state index contributed by atoms with van der Waals surface area (Å²) in [4.78, 5) is 37.5. The predicted octanol–water partition coefficient (Wildman–Crippen LogP) is 7.27. The Morgan fingerprint density at radius 1 is 0.714 bits per heavy atom. The minimum absolute atomic E-state index is 0.203. The number of carbonyl (C=O) groups is 3. The maximum Gasteiger partial charge on any atom is 0.338 e. The summed E-state index contributed by atoms with van der Waals surface area (Å²) in [5.74, 6) is -2.47. The van der Waals surface area contributed by atoms with Gasteiger partial charge in [0.25, 0.3) is 0 Å². The van der Waals surface area contributed by atoms with E-state index in [1.165, 1.54) is 70.6 Å². The van der Waals surface area contributed by atoms with Gasteiger partial charge >= 0.3 is 17.9 Å². The van der Waals surface area contributed by atoms with Gasteiger partial charge in [-0.3, -0.25) is 9.59 Å². The van der Waals surface area contributed by atoms with Crippen molar-refractivity contribution in [1.29, 1.82) is 0 Å². The summed E-state index contributed by atoms with van der Waals surface area (Å²) in [5.41, 5.74) is 0.243. The van der Waals surface area contributed by atoms with Crippen molar-refractivity contribution in [3.05, 3.63) is 35.9 Å². The fourth-order valence-electron chi connectivity index (χ4n) is 5.21. The van der Waals surface area contributed by atoms with Crippen molar-refractivity contribution in [2.45, 2.75) is 147 Å². The molecule has 0 radical (unpaired) electrons. The molecule has 0 aliphatic carbocycles. The van der Waals surface area contributed by atoms with Crippen molar-refractivity contribution < 1.29 is 38.4 Å². The molecule has 1 aromatic carbocycles. The Morgan fingerprint density at radius 2 is 1.21 bits per heavy atom. The zero-order valence-corrected chi connectivity index (χ0v) is 26.2. The van der Waals surface area contributed by atoms with Gasteiger partial charge in [-0.1, -0.05) is 115 Å². The molecule has 1 saturated heterocycles. The SMILES string of the molecule is CCCCCCCCCCCCCCCCCC(=O)O[C@@H]1[C@@H](OC(=O)CCl)[C@@H](OC(=O)c2ccccc2)C(O)O[C@H]1C. The third-order valence-electron chi connectivity index (χ3n) is 7.63. The van der Waals surface area contributed by atoms with Crippen LogP contribution in [0.3, 0.4) is 0 Å². The molecule has 0 amide bonds. The lowest BCUT2D eigenvalue weighted by Gasteiger charge is -2.42. The molecule has 8 nitrogen and oxygen atoms in total. The zero-order chi connectivity index (χ0) is 30.6. The summed E-state index contributed by atoms with van der Waals surface area (Å²) in [6.07, 6.45) is 12.5. The lowest BCUT2D eigenvalue weighted by Crippen LogP contribution is -2.60. The maximum atomic E-state index is 12.7. The first-order valence-corrected chi connectivity index (χ1v) is 16.4. The van der Waals surface area contributed by atoms with Gasteiger partial charge in [0.2, 0.25) is 0 Å². The van der Waals surface area contributed by atoms with Gasteiger partial charge in [-0.15, -0.1) is 11.6 Å². The van der Waals surface area contributed by atoms with E-state index in [0.29, 0.717) is 6.42 Å². The molecule has 238 valence electrons.